The molecule has 0 atom stereocenters. The molecule has 1 aromatic carbocycles. The van der Waals surface area contributed by atoms with Crippen LogP contribution < -0.4 is 0 Å². The van der Waals surface area contributed by atoms with Crippen LogP contribution in [0, 0.1) is 5.92 Å². The van der Waals surface area contributed by atoms with Crippen LogP contribution in [-0.4, -0.2) is 41.0 Å². The molecular formula is C18H22N2O3. The van der Waals surface area contributed by atoms with Crippen LogP contribution in [0.2, 0.25) is 0 Å². The summed E-state index contributed by atoms with van der Waals surface area (Å²) < 4.78 is 7.05. The molecule has 0 aliphatic carbocycles. The van der Waals surface area contributed by atoms with Crippen molar-refractivity contribution in [3.63, 3.8) is 0 Å². The monoisotopic (exact) mass is 314 g/mol. The summed E-state index contributed by atoms with van der Waals surface area (Å²) >= 11 is 0. The minimum Gasteiger partial charge on any atom is -0.466 e. The van der Waals surface area contributed by atoms with Gasteiger partial charge in [0.05, 0.1) is 12.5 Å². The lowest BCUT2D eigenvalue weighted by Gasteiger charge is -2.31. The zero-order valence-electron chi connectivity index (χ0n) is 13.4. The second kappa shape index (κ2) is 6.86. The molecule has 0 spiro atoms. The van der Waals surface area contributed by atoms with Gasteiger partial charge in [-0.1, -0.05) is 18.2 Å². The molecule has 1 fully saturated rings. The highest BCUT2D eigenvalue weighted by atomic mass is 16.5. The van der Waals surface area contributed by atoms with E-state index in [1.165, 1.54) is 0 Å². The van der Waals surface area contributed by atoms with Gasteiger partial charge in [-0.25, -0.2) is 0 Å². The first-order valence-electron chi connectivity index (χ1n) is 8.17. The molecule has 23 heavy (non-hydrogen) atoms. The number of amides is 1. The molecule has 1 aliphatic heterocycles. The molecule has 2 aromatic rings. The van der Waals surface area contributed by atoms with Crippen molar-refractivity contribution in [1.82, 2.24) is 9.47 Å². The lowest BCUT2D eigenvalue weighted by atomic mass is 9.97. The van der Waals surface area contributed by atoms with Gasteiger partial charge in [0.25, 0.3) is 0 Å². The number of carbonyl (C=O) groups excluding carboxylic acids is 2. The maximum absolute atomic E-state index is 12.5. The fourth-order valence-electron chi connectivity index (χ4n) is 3.15. The van der Waals surface area contributed by atoms with Crippen molar-refractivity contribution in [3.8, 4) is 0 Å². The molecule has 0 bridgehead atoms. The van der Waals surface area contributed by atoms with E-state index in [1.54, 1.807) is 0 Å². The number of rotatable bonds is 4. The minimum atomic E-state index is -0.129. The highest BCUT2D eigenvalue weighted by molar-refractivity contribution is 5.83. The molecule has 5 nitrogen and oxygen atoms in total. The Morgan fingerprint density at radius 1 is 1.17 bits per heavy atom. The second-order valence-electron chi connectivity index (χ2n) is 5.91. The number of hydrogen-bond donors (Lipinski definition) is 0. The number of fused-ring (bicyclic) bond motifs is 1. The van der Waals surface area contributed by atoms with Crippen molar-refractivity contribution in [2.24, 2.45) is 5.92 Å². The van der Waals surface area contributed by atoms with Crippen molar-refractivity contribution in [3.05, 3.63) is 36.5 Å². The average Bonchev–Trinajstić information content (AvgIpc) is 2.98. The average molecular weight is 314 g/mol. The fourth-order valence-corrected chi connectivity index (χ4v) is 3.15. The van der Waals surface area contributed by atoms with E-state index >= 15 is 0 Å². The molecule has 1 saturated heterocycles. The Balaban J connectivity index is 1.59. The Labute approximate surface area is 135 Å². The Kier molecular flexibility index (Phi) is 4.65. The van der Waals surface area contributed by atoms with Crippen LogP contribution in [0.4, 0.5) is 0 Å². The molecule has 3 rings (SSSR count). The predicted octanol–water partition coefficient (Wildman–Crippen LogP) is 2.44. The molecule has 0 N–H and O–H groups in total. The number of nitrogens with zero attached hydrogens (tertiary/aromatic N) is 2. The van der Waals surface area contributed by atoms with E-state index in [1.807, 2.05) is 52.9 Å². The van der Waals surface area contributed by atoms with Gasteiger partial charge in [0, 0.05) is 24.8 Å². The normalized spacial score (nSPS) is 15.8. The van der Waals surface area contributed by atoms with E-state index in [4.69, 9.17) is 4.74 Å². The van der Waals surface area contributed by atoms with Crippen molar-refractivity contribution in [2.75, 3.05) is 19.7 Å². The summed E-state index contributed by atoms with van der Waals surface area (Å²) in [5.41, 5.74) is 1.07. The quantitative estimate of drug-likeness (QED) is 0.815. The lowest BCUT2D eigenvalue weighted by molar-refractivity contribution is -0.151. The third kappa shape index (κ3) is 3.38. The molecule has 1 aliphatic rings. The van der Waals surface area contributed by atoms with Gasteiger partial charge in [0.1, 0.15) is 6.54 Å². The Morgan fingerprint density at radius 2 is 1.91 bits per heavy atom. The van der Waals surface area contributed by atoms with Crippen molar-refractivity contribution in [1.29, 1.82) is 0 Å². The highest BCUT2D eigenvalue weighted by Crippen LogP contribution is 2.20. The standard InChI is InChI=1S/C18H22N2O3/c1-2-23-18(22)15-8-10-19(11-9-15)17(21)13-20-12-7-14-5-3-4-6-16(14)20/h3-7,12,15H,2,8-11,13H2,1H3. The summed E-state index contributed by atoms with van der Waals surface area (Å²) in [6.45, 7) is 3.83. The smallest absolute Gasteiger partial charge is 0.309 e. The summed E-state index contributed by atoms with van der Waals surface area (Å²) in [5.74, 6) is -0.0870. The van der Waals surface area contributed by atoms with Crippen molar-refractivity contribution >= 4 is 22.8 Å². The van der Waals surface area contributed by atoms with Crippen molar-refractivity contribution in [2.45, 2.75) is 26.3 Å². The third-order valence-corrected chi connectivity index (χ3v) is 4.45. The number of piperidine rings is 1. The van der Waals surface area contributed by atoms with Gasteiger partial charge < -0.3 is 14.2 Å². The summed E-state index contributed by atoms with van der Waals surface area (Å²) in [6.07, 6.45) is 3.34. The fraction of sp³-hybridized carbons (Fsp3) is 0.444. The van der Waals surface area contributed by atoms with Crippen LogP contribution >= 0.6 is 0 Å². The number of likely N-dealkylation sites (tertiary alicyclic amines) is 1. The summed E-state index contributed by atoms with van der Waals surface area (Å²) in [7, 11) is 0. The molecular weight excluding hydrogens is 292 g/mol. The molecule has 1 aromatic heterocycles. The van der Waals surface area contributed by atoms with Crippen LogP contribution in [0.25, 0.3) is 10.9 Å². The zero-order chi connectivity index (χ0) is 16.2. The van der Waals surface area contributed by atoms with E-state index in [2.05, 4.69) is 0 Å². The Morgan fingerprint density at radius 3 is 2.65 bits per heavy atom. The molecule has 1 amide bonds. The van der Waals surface area contributed by atoms with Gasteiger partial charge in [-0.05, 0) is 37.3 Å². The zero-order valence-corrected chi connectivity index (χ0v) is 13.4. The Bertz CT molecular complexity index is 699. The van der Waals surface area contributed by atoms with Gasteiger partial charge >= 0.3 is 5.97 Å². The largest absolute Gasteiger partial charge is 0.466 e. The number of esters is 1. The maximum Gasteiger partial charge on any atom is 0.309 e. The number of benzene rings is 1. The number of hydrogen-bond acceptors (Lipinski definition) is 3. The minimum absolute atomic E-state index is 0.0635. The van der Waals surface area contributed by atoms with E-state index < -0.39 is 0 Å². The van der Waals surface area contributed by atoms with E-state index in [9.17, 15) is 9.59 Å². The van der Waals surface area contributed by atoms with Crippen molar-refractivity contribution < 1.29 is 14.3 Å². The predicted molar refractivity (Wildman–Crippen MR) is 87.9 cm³/mol. The summed E-state index contributed by atoms with van der Waals surface area (Å²) in [4.78, 5) is 26.1. The topological polar surface area (TPSA) is 51.5 Å². The molecule has 0 radical (unpaired) electrons. The first kappa shape index (κ1) is 15.6. The first-order valence-corrected chi connectivity index (χ1v) is 8.17. The van der Waals surface area contributed by atoms with Crippen LogP contribution in [0.5, 0.6) is 0 Å². The van der Waals surface area contributed by atoms with Crippen LogP contribution in [-0.2, 0) is 20.9 Å². The number of aromatic nitrogens is 1. The summed E-state index contributed by atoms with van der Waals surface area (Å²) in [5, 5.41) is 1.14. The van der Waals surface area contributed by atoms with Crippen LogP contribution in [0.1, 0.15) is 19.8 Å². The Hall–Kier alpha value is -2.30. The number of para-hydroxylation sites is 1. The van der Waals surface area contributed by atoms with E-state index in [0.717, 1.165) is 10.9 Å². The number of ether oxygens (including phenoxy) is 1. The molecule has 2 heterocycles. The maximum atomic E-state index is 12.5. The second-order valence-corrected chi connectivity index (χ2v) is 5.91. The van der Waals surface area contributed by atoms with Crippen LogP contribution in [0.15, 0.2) is 36.5 Å². The SMILES string of the molecule is CCOC(=O)C1CCN(C(=O)Cn2ccc3ccccc32)CC1. The lowest BCUT2D eigenvalue weighted by Crippen LogP contribution is -2.42. The van der Waals surface area contributed by atoms with E-state index in [0.29, 0.717) is 39.1 Å². The first-order chi connectivity index (χ1) is 11.2. The van der Waals surface area contributed by atoms with Gasteiger partial charge in [0.2, 0.25) is 5.91 Å². The molecule has 5 heteroatoms. The van der Waals surface area contributed by atoms with Crippen LogP contribution in [0.3, 0.4) is 0 Å². The summed E-state index contributed by atoms with van der Waals surface area (Å²) in [6, 6.07) is 10.1. The molecule has 0 unspecified atom stereocenters. The number of carbonyl (C=O) groups is 2. The molecule has 0 saturated carbocycles. The molecule has 122 valence electrons. The van der Waals surface area contributed by atoms with Gasteiger partial charge in [0.15, 0.2) is 0 Å². The van der Waals surface area contributed by atoms with Gasteiger partial charge in [-0.15, -0.1) is 0 Å². The van der Waals surface area contributed by atoms with E-state index in [-0.39, 0.29) is 17.8 Å². The third-order valence-electron chi connectivity index (χ3n) is 4.45. The van der Waals surface area contributed by atoms with Gasteiger partial charge in [-0.2, -0.15) is 0 Å². The van der Waals surface area contributed by atoms with Gasteiger partial charge in [-0.3, -0.25) is 9.59 Å². The highest BCUT2D eigenvalue weighted by Gasteiger charge is 2.28.